The van der Waals surface area contributed by atoms with E-state index in [1.54, 1.807) is 4.90 Å². The first-order valence-corrected chi connectivity index (χ1v) is 8.44. The number of rotatable bonds is 5. The molecule has 1 aliphatic carbocycles. The zero-order valence-electron chi connectivity index (χ0n) is 13.4. The molecule has 1 saturated heterocycles. The highest BCUT2D eigenvalue weighted by Gasteiger charge is 2.34. The van der Waals surface area contributed by atoms with Gasteiger partial charge in [0.1, 0.15) is 5.60 Å². The van der Waals surface area contributed by atoms with Crippen LogP contribution in [0, 0.1) is 0 Å². The molecule has 3 rings (SSSR count). The largest absolute Gasteiger partial charge is 0.383 e. The molecule has 1 unspecified atom stereocenters. The zero-order valence-corrected chi connectivity index (χ0v) is 13.4. The molecule has 0 bridgehead atoms. The van der Waals surface area contributed by atoms with E-state index in [0.717, 1.165) is 36.9 Å². The summed E-state index contributed by atoms with van der Waals surface area (Å²) in [6.07, 6.45) is 4.34. The third-order valence-electron chi connectivity index (χ3n) is 4.91. The molecule has 2 aliphatic rings. The van der Waals surface area contributed by atoms with Crippen molar-refractivity contribution in [2.75, 3.05) is 19.6 Å². The van der Waals surface area contributed by atoms with Crippen LogP contribution in [0.3, 0.4) is 0 Å². The first-order valence-electron chi connectivity index (χ1n) is 8.44. The van der Waals surface area contributed by atoms with Crippen LogP contribution in [-0.4, -0.2) is 41.5 Å². The summed E-state index contributed by atoms with van der Waals surface area (Å²) < 4.78 is 0. The average Bonchev–Trinajstić information content (AvgIpc) is 2.97. The van der Waals surface area contributed by atoms with Crippen LogP contribution in [0.15, 0.2) is 24.3 Å². The summed E-state index contributed by atoms with van der Waals surface area (Å²) in [4.78, 5) is 25.3. The monoisotopic (exact) mass is 316 g/mol. The molecule has 0 saturated carbocycles. The summed E-state index contributed by atoms with van der Waals surface area (Å²) in [5.74, 6) is 0.0267. The van der Waals surface area contributed by atoms with Crippen molar-refractivity contribution in [1.29, 1.82) is 0 Å². The molecule has 1 heterocycles. The Hall–Kier alpha value is -1.88. The highest BCUT2D eigenvalue weighted by atomic mass is 16.3. The van der Waals surface area contributed by atoms with Gasteiger partial charge < -0.3 is 15.3 Å². The zero-order chi connectivity index (χ0) is 16.3. The quantitative estimate of drug-likeness (QED) is 0.861. The molecule has 0 radical (unpaired) electrons. The summed E-state index contributed by atoms with van der Waals surface area (Å²) in [5, 5.41) is 13.8. The number of aryl methyl sites for hydroxylation is 1. The molecule has 5 nitrogen and oxygen atoms in total. The van der Waals surface area contributed by atoms with Crippen LogP contribution < -0.4 is 5.32 Å². The Balaban J connectivity index is 1.53. The Labute approximate surface area is 136 Å². The average molecular weight is 316 g/mol. The molecule has 2 N–H and O–H groups in total. The first kappa shape index (κ1) is 16.0. The molecule has 0 spiro atoms. The number of likely N-dealkylation sites (tertiary alicyclic amines) is 1. The van der Waals surface area contributed by atoms with Gasteiger partial charge in [-0.05, 0) is 36.8 Å². The van der Waals surface area contributed by atoms with E-state index in [9.17, 15) is 14.7 Å². The van der Waals surface area contributed by atoms with Crippen LogP contribution in [0.25, 0.3) is 0 Å². The van der Waals surface area contributed by atoms with Gasteiger partial charge in [-0.3, -0.25) is 9.59 Å². The number of amides is 2. The topological polar surface area (TPSA) is 69.6 Å². The third kappa shape index (κ3) is 3.55. The minimum absolute atomic E-state index is 0.110. The van der Waals surface area contributed by atoms with Gasteiger partial charge >= 0.3 is 0 Å². The molecule has 2 amide bonds. The number of nitrogens with zero attached hydrogens (tertiary/aromatic N) is 1. The molecular formula is C18H24N2O3. The van der Waals surface area contributed by atoms with Crippen LogP contribution in [0.5, 0.6) is 0 Å². The van der Waals surface area contributed by atoms with Crippen LogP contribution in [-0.2, 0) is 21.6 Å². The van der Waals surface area contributed by atoms with Gasteiger partial charge in [-0.1, -0.05) is 24.3 Å². The lowest BCUT2D eigenvalue weighted by atomic mass is 9.79. The minimum Gasteiger partial charge on any atom is -0.383 e. The van der Waals surface area contributed by atoms with E-state index in [0.29, 0.717) is 25.8 Å². The van der Waals surface area contributed by atoms with E-state index >= 15 is 0 Å². The number of nitrogens with one attached hydrogen (secondary N) is 1. The summed E-state index contributed by atoms with van der Waals surface area (Å²) in [5.41, 5.74) is 1.12. The fraction of sp³-hybridized carbons (Fsp3) is 0.556. The van der Waals surface area contributed by atoms with Gasteiger partial charge in [0.25, 0.3) is 0 Å². The maximum absolute atomic E-state index is 12.0. The highest BCUT2D eigenvalue weighted by Crippen LogP contribution is 2.34. The van der Waals surface area contributed by atoms with Gasteiger partial charge in [0.05, 0.1) is 6.54 Å². The smallest absolute Gasteiger partial charge is 0.222 e. The molecule has 124 valence electrons. The fourth-order valence-electron chi connectivity index (χ4n) is 3.59. The molecule has 1 fully saturated rings. The number of carbonyl (C=O) groups excluding carboxylic acids is 2. The van der Waals surface area contributed by atoms with Crippen LogP contribution >= 0.6 is 0 Å². The Morgan fingerprint density at radius 2 is 2.09 bits per heavy atom. The van der Waals surface area contributed by atoms with Crippen molar-refractivity contribution in [1.82, 2.24) is 10.2 Å². The summed E-state index contributed by atoms with van der Waals surface area (Å²) in [6, 6.07) is 7.90. The van der Waals surface area contributed by atoms with Crippen molar-refractivity contribution in [3.8, 4) is 0 Å². The molecule has 5 heteroatoms. The molecule has 23 heavy (non-hydrogen) atoms. The maximum Gasteiger partial charge on any atom is 0.222 e. The normalized spacial score (nSPS) is 23.7. The van der Waals surface area contributed by atoms with Gasteiger partial charge in [-0.15, -0.1) is 0 Å². The number of aliphatic hydroxyl groups is 1. The van der Waals surface area contributed by atoms with Crippen molar-refractivity contribution in [3.05, 3.63) is 35.4 Å². The Bertz CT molecular complexity index is 602. The summed E-state index contributed by atoms with van der Waals surface area (Å²) >= 11 is 0. The maximum atomic E-state index is 12.0. The van der Waals surface area contributed by atoms with E-state index in [2.05, 4.69) is 5.32 Å². The van der Waals surface area contributed by atoms with Gasteiger partial charge in [0, 0.05) is 25.9 Å². The summed E-state index contributed by atoms with van der Waals surface area (Å²) in [6.45, 7) is 1.46. The number of hydrogen-bond donors (Lipinski definition) is 2. The number of fused-ring (bicyclic) bond motifs is 1. The Morgan fingerprint density at radius 1 is 1.26 bits per heavy atom. The predicted octanol–water partition coefficient (Wildman–Crippen LogP) is 1.34. The van der Waals surface area contributed by atoms with Crippen LogP contribution in [0.2, 0.25) is 0 Å². The number of hydrogen-bond acceptors (Lipinski definition) is 3. The highest BCUT2D eigenvalue weighted by molar-refractivity contribution is 5.80. The van der Waals surface area contributed by atoms with Crippen LogP contribution in [0.1, 0.15) is 43.2 Å². The summed E-state index contributed by atoms with van der Waals surface area (Å²) in [7, 11) is 0. The second-order valence-corrected chi connectivity index (χ2v) is 6.55. The second-order valence-electron chi connectivity index (χ2n) is 6.55. The van der Waals surface area contributed by atoms with Gasteiger partial charge in [0.15, 0.2) is 0 Å². The fourth-order valence-corrected chi connectivity index (χ4v) is 3.59. The standard InChI is InChI=1S/C18H24N2O3/c21-16(9-12-20-11-4-8-17(20)22)19-13-18(23)10-3-6-14-5-1-2-7-15(14)18/h1-2,5,7,23H,3-4,6,8-13H2,(H,19,21). The molecule has 0 aromatic heterocycles. The predicted molar refractivity (Wildman–Crippen MR) is 86.7 cm³/mol. The lowest BCUT2D eigenvalue weighted by Gasteiger charge is -2.34. The molecule has 1 aromatic carbocycles. The number of carbonyl (C=O) groups is 2. The first-order chi connectivity index (χ1) is 11.1. The van der Waals surface area contributed by atoms with E-state index in [1.165, 1.54) is 0 Å². The Kier molecular flexibility index (Phi) is 4.66. The molecule has 1 aromatic rings. The second kappa shape index (κ2) is 6.71. The SMILES string of the molecule is O=C(CCN1CCCC1=O)NCC1(O)CCCc2ccccc21. The molecular weight excluding hydrogens is 292 g/mol. The van der Waals surface area contributed by atoms with E-state index < -0.39 is 5.60 Å². The number of benzene rings is 1. The van der Waals surface area contributed by atoms with Gasteiger partial charge in [-0.25, -0.2) is 0 Å². The Morgan fingerprint density at radius 3 is 2.87 bits per heavy atom. The van der Waals surface area contributed by atoms with Gasteiger partial charge in [-0.2, -0.15) is 0 Å². The van der Waals surface area contributed by atoms with Crippen molar-refractivity contribution in [2.24, 2.45) is 0 Å². The molecule has 1 atom stereocenters. The van der Waals surface area contributed by atoms with E-state index in [-0.39, 0.29) is 18.4 Å². The van der Waals surface area contributed by atoms with Crippen molar-refractivity contribution in [2.45, 2.75) is 44.1 Å². The van der Waals surface area contributed by atoms with Crippen molar-refractivity contribution < 1.29 is 14.7 Å². The lowest BCUT2D eigenvalue weighted by molar-refractivity contribution is -0.128. The molecule has 1 aliphatic heterocycles. The van der Waals surface area contributed by atoms with E-state index in [4.69, 9.17) is 0 Å². The van der Waals surface area contributed by atoms with Crippen LogP contribution in [0.4, 0.5) is 0 Å². The van der Waals surface area contributed by atoms with E-state index in [1.807, 2.05) is 24.3 Å². The van der Waals surface area contributed by atoms with Crippen molar-refractivity contribution >= 4 is 11.8 Å². The lowest BCUT2D eigenvalue weighted by Crippen LogP contribution is -2.43. The van der Waals surface area contributed by atoms with Crippen molar-refractivity contribution in [3.63, 3.8) is 0 Å². The third-order valence-corrected chi connectivity index (χ3v) is 4.91. The minimum atomic E-state index is -0.978. The van der Waals surface area contributed by atoms with Gasteiger partial charge in [0.2, 0.25) is 11.8 Å².